The number of rotatable bonds is 3. The third-order valence-electron chi connectivity index (χ3n) is 3.47. The Hall–Kier alpha value is -1.86. The molecule has 1 aromatic carbocycles. The van der Waals surface area contributed by atoms with E-state index in [9.17, 15) is 4.79 Å². The van der Waals surface area contributed by atoms with Gasteiger partial charge in [0.1, 0.15) is 0 Å². The van der Waals surface area contributed by atoms with Crippen molar-refractivity contribution in [2.45, 2.75) is 19.8 Å². The number of anilines is 1. The lowest BCUT2D eigenvalue weighted by Gasteiger charge is -2.28. The van der Waals surface area contributed by atoms with E-state index in [-0.39, 0.29) is 11.8 Å². The minimum Gasteiger partial charge on any atom is -0.325 e. The summed E-state index contributed by atoms with van der Waals surface area (Å²) in [5.74, 6) is 0.0629. The molecule has 1 aromatic rings. The van der Waals surface area contributed by atoms with Crippen LogP contribution >= 0.6 is 0 Å². The minimum absolute atomic E-state index is 0.00658. The standard InChI is InChI=1S/C15H19N3O/c1-12-5-2-3-7-14(12)17-15(19)11-18-8-4-6-13(9-16)10-18/h2-3,5,7,13H,4,6,8,10-11H2,1H3,(H,17,19). The number of likely N-dealkylation sites (tertiary alicyclic amines) is 1. The summed E-state index contributed by atoms with van der Waals surface area (Å²) in [7, 11) is 0. The molecule has 0 saturated carbocycles. The van der Waals surface area contributed by atoms with E-state index in [4.69, 9.17) is 5.26 Å². The molecule has 1 fully saturated rings. The summed E-state index contributed by atoms with van der Waals surface area (Å²) in [5.41, 5.74) is 1.92. The zero-order chi connectivity index (χ0) is 13.7. The summed E-state index contributed by atoms with van der Waals surface area (Å²) < 4.78 is 0. The molecule has 1 aliphatic heterocycles. The molecule has 1 N–H and O–H groups in total. The number of nitrogens with one attached hydrogen (secondary N) is 1. The van der Waals surface area contributed by atoms with Crippen molar-refractivity contribution in [3.63, 3.8) is 0 Å². The van der Waals surface area contributed by atoms with E-state index < -0.39 is 0 Å². The van der Waals surface area contributed by atoms with Crippen molar-refractivity contribution in [2.24, 2.45) is 5.92 Å². The fourth-order valence-corrected chi connectivity index (χ4v) is 2.41. The van der Waals surface area contributed by atoms with Crippen LogP contribution in [0.4, 0.5) is 5.69 Å². The quantitative estimate of drug-likeness (QED) is 0.902. The van der Waals surface area contributed by atoms with Gasteiger partial charge in [-0.15, -0.1) is 0 Å². The fraction of sp³-hybridized carbons (Fsp3) is 0.467. The van der Waals surface area contributed by atoms with Gasteiger partial charge < -0.3 is 5.32 Å². The fourth-order valence-electron chi connectivity index (χ4n) is 2.41. The lowest BCUT2D eigenvalue weighted by atomic mass is 10.00. The van der Waals surface area contributed by atoms with E-state index in [1.165, 1.54) is 0 Å². The molecule has 1 unspecified atom stereocenters. The Morgan fingerprint density at radius 1 is 1.53 bits per heavy atom. The minimum atomic E-state index is -0.00658. The van der Waals surface area contributed by atoms with Crippen LogP contribution in [0.5, 0.6) is 0 Å². The molecule has 0 radical (unpaired) electrons. The molecule has 0 bridgehead atoms. The first kappa shape index (κ1) is 13.6. The topological polar surface area (TPSA) is 56.1 Å². The van der Waals surface area contributed by atoms with Gasteiger partial charge in [0.2, 0.25) is 5.91 Å². The average molecular weight is 257 g/mol. The molecular weight excluding hydrogens is 238 g/mol. The number of carbonyl (C=O) groups is 1. The lowest BCUT2D eigenvalue weighted by Crippen LogP contribution is -2.40. The van der Waals surface area contributed by atoms with Gasteiger partial charge in [-0.25, -0.2) is 0 Å². The van der Waals surface area contributed by atoms with Crippen LogP contribution in [-0.4, -0.2) is 30.4 Å². The number of nitrogens with zero attached hydrogens (tertiary/aromatic N) is 2. The Labute approximate surface area is 114 Å². The summed E-state index contributed by atoms with van der Waals surface area (Å²) in [6.07, 6.45) is 1.95. The monoisotopic (exact) mass is 257 g/mol. The molecule has 19 heavy (non-hydrogen) atoms. The predicted octanol–water partition coefficient (Wildman–Crippen LogP) is 2.17. The number of hydrogen-bond donors (Lipinski definition) is 1. The Morgan fingerprint density at radius 2 is 2.32 bits per heavy atom. The first-order chi connectivity index (χ1) is 9.19. The number of nitriles is 1. The van der Waals surface area contributed by atoms with Crippen LogP contribution < -0.4 is 5.32 Å². The molecule has 4 nitrogen and oxygen atoms in total. The molecule has 1 aliphatic rings. The third kappa shape index (κ3) is 3.80. The molecule has 0 aromatic heterocycles. The second kappa shape index (κ2) is 6.35. The van der Waals surface area contributed by atoms with Gasteiger partial charge in [-0.3, -0.25) is 9.69 Å². The molecule has 100 valence electrons. The normalized spacial score (nSPS) is 19.7. The molecule has 1 amide bonds. The van der Waals surface area contributed by atoms with E-state index >= 15 is 0 Å². The highest BCUT2D eigenvalue weighted by Crippen LogP contribution is 2.16. The number of piperidine rings is 1. The molecule has 1 heterocycles. The van der Waals surface area contributed by atoms with Crippen molar-refractivity contribution >= 4 is 11.6 Å². The Bertz CT molecular complexity index is 492. The highest BCUT2D eigenvalue weighted by molar-refractivity contribution is 5.92. The largest absolute Gasteiger partial charge is 0.325 e. The van der Waals surface area contributed by atoms with E-state index in [0.717, 1.165) is 30.6 Å². The highest BCUT2D eigenvalue weighted by Gasteiger charge is 2.21. The van der Waals surface area contributed by atoms with E-state index in [0.29, 0.717) is 13.1 Å². The number of amides is 1. The van der Waals surface area contributed by atoms with Crippen molar-refractivity contribution in [1.82, 2.24) is 4.90 Å². The maximum atomic E-state index is 12.0. The van der Waals surface area contributed by atoms with Gasteiger partial charge in [-0.1, -0.05) is 18.2 Å². The third-order valence-corrected chi connectivity index (χ3v) is 3.47. The molecular formula is C15H19N3O. The van der Waals surface area contributed by atoms with Crippen LogP contribution in [0, 0.1) is 24.2 Å². The summed E-state index contributed by atoms with van der Waals surface area (Å²) in [4.78, 5) is 14.1. The number of aryl methyl sites for hydroxylation is 1. The zero-order valence-electron chi connectivity index (χ0n) is 11.2. The van der Waals surface area contributed by atoms with Crippen LogP contribution in [-0.2, 0) is 4.79 Å². The van der Waals surface area contributed by atoms with Gasteiger partial charge in [0, 0.05) is 12.2 Å². The summed E-state index contributed by atoms with van der Waals surface area (Å²) in [6, 6.07) is 10.0. The Kier molecular flexibility index (Phi) is 4.53. The first-order valence-corrected chi connectivity index (χ1v) is 6.66. The van der Waals surface area contributed by atoms with Crippen LogP contribution in [0.2, 0.25) is 0 Å². The van der Waals surface area contributed by atoms with Gasteiger partial charge >= 0.3 is 0 Å². The molecule has 0 spiro atoms. The van der Waals surface area contributed by atoms with Crippen LogP contribution in [0.1, 0.15) is 18.4 Å². The maximum absolute atomic E-state index is 12.0. The average Bonchev–Trinajstić information content (AvgIpc) is 2.41. The lowest BCUT2D eigenvalue weighted by molar-refractivity contribution is -0.117. The smallest absolute Gasteiger partial charge is 0.238 e. The van der Waals surface area contributed by atoms with Gasteiger partial charge in [-0.05, 0) is 37.9 Å². The van der Waals surface area contributed by atoms with Crippen LogP contribution in [0.3, 0.4) is 0 Å². The maximum Gasteiger partial charge on any atom is 0.238 e. The Balaban J connectivity index is 1.88. The second-order valence-corrected chi connectivity index (χ2v) is 5.07. The van der Waals surface area contributed by atoms with Gasteiger partial charge in [0.15, 0.2) is 0 Å². The van der Waals surface area contributed by atoms with Gasteiger partial charge in [-0.2, -0.15) is 5.26 Å². The van der Waals surface area contributed by atoms with Crippen molar-refractivity contribution in [3.8, 4) is 6.07 Å². The van der Waals surface area contributed by atoms with Crippen molar-refractivity contribution in [2.75, 3.05) is 25.0 Å². The molecule has 1 atom stereocenters. The number of carbonyl (C=O) groups excluding carboxylic acids is 1. The van der Waals surface area contributed by atoms with Crippen LogP contribution in [0.15, 0.2) is 24.3 Å². The van der Waals surface area contributed by atoms with E-state index in [1.54, 1.807) is 0 Å². The molecule has 0 aliphatic carbocycles. The molecule has 1 saturated heterocycles. The summed E-state index contributed by atoms with van der Waals surface area (Å²) in [5, 5.41) is 11.9. The zero-order valence-corrected chi connectivity index (χ0v) is 11.2. The summed E-state index contributed by atoms with van der Waals surface area (Å²) in [6.45, 7) is 3.95. The van der Waals surface area contributed by atoms with Crippen LogP contribution in [0.25, 0.3) is 0 Å². The van der Waals surface area contributed by atoms with E-state index in [1.807, 2.05) is 31.2 Å². The van der Waals surface area contributed by atoms with Gasteiger partial charge in [0.25, 0.3) is 0 Å². The number of benzene rings is 1. The van der Waals surface area contributed by atoms with Crippen molar-refractivity contribution in [3.05, 3.63) is 29.8 Å². The number of hydrogen-bond acceptors (Lipinski definition) is 3. The SMILES string of the molecule is Cc1ccccc1NC(=O)CN1CCCC(C#N)C1. The number of para-hydroxylation sites is 1. The highest BCUT2D eigenvalue weighted by atomic mass is 16.2. The van der Waals surface area contributed by atoms with Gasteiger partial charge in [0.05, 0.1) is 18.5 Å². The van der Waals surface area contributed by atoms with E-state index in [2.05, 4.69) is 16.3 Å². The molecule has 2 rings (SSSR count). The van der Waals surface area contributed by atoms with Crippen molar-refractivity contribution < 1.29 is 4.79 Å². The Morgan fingerprint density at radius 3 is 3.05 bits per heavy atom. The molecule has 4 heteroatoms. The first-order valence-electron chi connectivity index (χ1n) is 6.66. The second-order valence-electron chi connectivity index (χ2n) is 5.07. The predicted molar refractivity (Wildman–Crippen MR) is 74.6 cm³/mol. The summed E-state index contributed by atoms with van der Waals surface area (Å²) >= 11 is 0. The van der Waals surface area contributed by atoms with Crippen molar-refractivity contribution in [1.29, 1.82) is 5.26 Å².